The number of hydrogen-bond acceptors (Lipinski definition) is 20. The summed E-state index contributed by atoms with van der Waals surface area (Å²) in [5.41, 5.74) is 11.8. The Bertz CT molecular complexity index is 2100. The number of esters is 4. The van der Waals surface area contributed by atoms with Gasteiger partial charge in [0.1, 0.15) is 37.5 Å². The largest absolute Gasteiger partial charge is 0.472 e. The number of phosphoric ester groups is 1. The number of ether oxygens (including phenoxy) is 6. The number of nitrogens with two attached hydrogens (primary N) is 2. The third-order valence-electron chi connectivity index (χ3n) is 15.1. The van der Waals surface area contributed by atoms with Crippen LogP contribution in [0.15, 0.2) is 0 Å². The number of carbonyl (C=O) groups is 9. The van der Waals surface area contributed by atoms with Crippen LogP contribution in [-0.4, -0.2) is 162 Å². The quantitative estimate of drug-likeness (QED) is 0.0146. The molecule has 510 valence electrons. The van der Waals surface area contributed by atoms with Crippen LogP contribution in [0, 0.1) is 0 Å². The van der Waals surface area contributed by atoms with Crippen LogP contribution in [0.3, 0.4) is 0 Å². The molecule has 1 aliphatic heterocycles. The molecule has 0 radical (unpaired) electrons. The van der Waals surface area contributed by atoms with E-state index in [1.54, 1.807) is 0 Å². The predicted octanol–water partition coefficient (Wildman–Crippen LogP) is 7.91. The number of hydrogen-bond donors (Lipinski definition) is 6. The van der Waals surface area contributed by atoms with Gasteiger partial charge in [-0.25, -0.2) is 4.57 Å². The van der Waals surface area contributed by atoms with E-state index in [-0.39, 0.29) is 25.8 Å². The fraction of sp³-hybridized carbons (Fsp3) is 0.855. The molecule has 26 heteroatoms. The summed E-state index contributed by atoms with van der Waals surface area (Å²) in [6.07, 6.45) is 21.9. The first-order chi connectivity index (χ1) is 41.8. The number of primary amides is 1. The molecule has 10 atom stereocenters. The second kappa shape index (κ2) is 47.3. The van der Waals surface area contributed by atoms with Crippen molar-refractivity contribution in [3.05, 3.63) is 0 Å². The SMILES string of the molecule is CCCCCCCCCCCCCCCC(=O)OC[C@H](COP(=O)(O)OCCNC(=O)CC[C@H](C(N)=O)N(CC(C)O[C@H]1[C@H](OC(C)=O)[C@@H](COC(C)=O)O[C@@](O)(C(C)=O)[C@@H]1NC(C)=O)C(=O)[C@H](C)N)OC(=O)CCCCCCCCCCCCCCC. The third-order valence-corrected chi connectivity index (χ3v) is 16.0. The van der Waals surface area contributed by atoms with Crippen molar-refractivity contribution in [1.82, 2.24) is 15.5 Å². The Morgan fingerprint density at radius 2 is 1.14 bits per heavy atom. The van der Waals surface area contributed by atoms with Crippen LogP contribution >= 0.6 is 7.82 Å². The lowest BCUT2D eigenvalue weighted by Crippen LogP contribution is -2.74. The fourth-order valence-corrected chi connectivity index (χ4v) is 11.1. The summed E-state index contributed by atoms with van der Waals surface area (Å²) in [6.45, 7) is 8.18. The van der Waals surface area contributed by atoms with Crippen molar-refractivity contribution in [3.63, 3.8) is 0 Å². The van der Waals surface area contributed by atoms with Crippen LogP contribution in [0.5, 0.6) is 0 Å². The second-order valence-corrected chi connectivity index (χ2v) is 24.8. The number of aliphatic hydroxyl groups is 1. The number of nitrogens with zero attached hydrogens (tertiary/aromatic N) is 1. The van der Waals surface area contributed by atoms with E-state index in [0.29, 0.717) is 12.8 Å². The van der Waals surface area contributed by atoms with Crippen LogP contribution < -0.4 is 22.1 Å². The van der Waals surface area contributed by atoms with Gasteiger partial charge in [-0.1, -0.05) is 168 Å². The first-order valence-corrected chi connectivity index (χ1v) is 34.0. The lowest BCUT2D eigenvalue weighted by molar-refractivity contribution is -0.312. The zero-order valence-corrected chi connectivity index (χ0v) is 55.3. The van der Waals surface area contributed by atoms with Crippen molar-refractivity contribution < 1.29 is 95.2 Å². The molecule has 8 N–H and O–H groups in total. The molecule has 1 heterocycles. The van der Waals surface area contributed by atoms with Gasteiger partial charge in [0, 0.05) is 60.0 Å². The minimum atomic E-state index is -4.86. The Morgan fingerprint density at radius 3 is 1.58 bits per heavy atom. The minimum Gasteiger partial charge on any atom is -0.463 e. The molecule has 0 saturated carbocycles. The minimum absolute atomic E-state index is 0.0939. The molecule has 0 aromatic carbocycles. The van der Waals surface area contributed by atoms with E-state index in [1.807, 2.05) is 0 Å². The average molecular weight is 1280 g/mol. The second-order valence-electron chi connectivity index (χ2n) is 23.3. The molecule has 0 aromatic rings. The molecular formula is C62H112N5O20P. The molecule has 25 nitrogen and oxygen atoms in total. The lowest BCUT2D eigenvalue weighted by Gasteiger charge is -2.49. The summed E-state index contributed by atoms with van der Waals surface area (Å²) in [6, 6.07) is -4.51. The summed E-state index contributed by atoms with van der Waals surface area (Å²) in [5, 5.41) is 16.5. The zero-order chi connectivity index (χ0) is 65.9. The number of phosphoric acid groups is 1. The van der Waals surface area contributed by atoms with Gasteiger partial charge in [0.15, 0.2) is 18.0 Å². The summed E-state index contributed by atoms with van der Waals surface area (Å²) >= 11 is 0. The van der Waals surface area contributed by atoms with Gasteiger partial charge in [-0.3, -0.25) is 52.2 Å². The monoisotopic (exact) mass is 1280 g/mol. The number of rotatable bonds is 53. The summed E-state index contributed by atoms with van der Waals surface area (Å²) in [5.74, 6) is -9.98. The molecule has 0 spiro atoms. The average Bonchev–Trinajstić information content (AvgIpc) is 0.776. The van der Waals surface area contributed by atoms with Crippen LogP contribution in [0.4, 0.5) is 0 Å². The van der Waals surface area contributed by atoms with Gasteiger partial charge < -0.3 is 65.4 Å². The van der Waals surface area contributed by atoms with Crippen molar-refractivity contribution in [2.75, 3.05) is 39.5 Å². The summed E-state index contributed by atoms with van der Waals surface area (Å²) < 4.78 is 56.9. The highest BCUT2D eigenvalue weighted by Crippen LogP contribution is 2.43. The van der Waals surface area contributed by atoms with Gasteiger partial charge in [0.2, 0.25) is 29.4 Å². The number of ketones is 1. The van der Waals surface area contributed by atoms with E-state index in [4.69, 9.17) is 48.9 Å². The topological polar surface area (TPSA) is 364 Å². The summed E-state index contributed by atoms with van der Waals surface area (Å²) in [7, 11) is -4.86. The van der Waals surface area contributed by atoms with Crippen molar-refractivity contribution in [3.8, 4) is 0 Å². The van der Waals surface area contributed by atoms with Crippen LogP contribution in [0.25, 0.3) is 0 Å². The van der Waals surface area contributed by atoms with E-state index >= 15 is 0 Å². The standard InChI is InChI=1S/C62H112N5O20P/c1-9-11-13-15-17-19-21-23-25-27-29-31-33-35-55(73)81-42-51(86-56(74)36-34-32-30-28-26-24-22-20-18-16-14-12-10-2)43-83-88(78,79)82-40-39-65-54(72)38-37-52(60(64)75)67(61(76)46(4)63)41-45(3)84-58-57(85-50(8)71)53(44-80-49(7)70)87-62(77,47(5)68)59(58)66-48(6)69/h45-46,51-53,57-59,77H,9-44,63H2,1-8H3,(H2,64,75)(H,65,72)(H,66,69)(H,78,79)/t45?,46-,51+,52+,53+,57+,58-,59+,62-/m0/s1. The molecule has 1 fully saturated rings. The Hall–Kier alpha value is -4.62. The van der Waals surface area contributed by atoms with Gasteiger partial charge in [-0.15, -0.1) is 0 Å². The van der Waals surface area contributed by atoms with Crippen LogP contribution in [0.1, 0.15) is 248 Å². The molecule has 1 aliphatic rings. The normalized spacial score (nSPS) is 19.4. The van der Waals surface area contributed by atoms with Gasteiger partial charge >= 0.3 is 31.7 Å². The van der Waals surface area contributed by atoms with Crippen LogP contribution in [-0.2, 0) is 85.2 Å². The Kier molecular flexibility index (Phi) is 43.8. The first kappa shape index (κ1) is 81.4. The summed E-state index contributed by atoms with van der Waals surface area (Å²) in [4.78, 5) is 127. The van der Waals surface area contributed by atoms with Crippen molar-refractivity contribution in [1.29, 1.82) is 0 Å². The van der Waals surface area contributed by atoms with E-state index in [2.05, 4.69) is 24.5 Å². The Morgan fingerprint density at radius 1 is 0.648 bits per heavy atom. The number of amides is 4. The van der Waals surface area contributed by atoms with Crippen molar-refractivity contribution in [2.45, 2.75) is 302 Å². The molecular weight excluding hydrogens is 1170 g/mol. The fourth-order valence-electron chi connectivity index (χ4n) is 10.3. The molecule has 0 aromatic heterocycles. The Labute approximate surface area is 523 Å². The molecule has 4 amide bonds. The maximum Gasteiger partial charge on any atom is 0.472 e. The third kappa shape index (κ3) is 36.9. The van der Waals surface area contributed by atoms with E-state index in [9.17, 15) is 57.7 Å². The smallest absolute Gasteiger partial charge is 0.463 e. The Balaban J connectivity index is 2.96. The predicted molar refractivity (Wildman–Crippen MR) is 328 cm³/mol. The highest BCUT2D eigenvalue weighted by atomic mass is 31.2. The molecule has 1 saturated heterocycles. The molecule has 88 heavy (non-hydrogen) atoms. The van der Waals surface area contributed by atoms with Gasteiger partial charge in [-0.05, 0) is 33.1 Å². The van der Waals surface area contributed by atoms with E-state index in [1.165, 1.54) is 117 Å². The molecule has 1 rings (SSSR count). The molecule has 2 unspecified atom stereocenters. The number of nitrogens with one attached hydrogen (secondary N) is 2. The van der Waals surface area contributed by atoms with Gasteiger partial charge in [0.25, 0.3) is 0 Å². The highest BCUT2D eigenvalue weighted by molar-refractivity contribution is 7.47. The zero-order valence-electron chi connectivity index (χ0n) is 54.4. The molecule has 0 aliphatic carbocycles. The molecule has 0 bridgehead atoms. The van der Waals surface area contributed by atoms with Crippen LogP contribution in [0.2, 0.25) is 0 Å². The number of Topliss-reactive ketones (excluding diaryl/α,β-unsaturated/α-hetero) is 1. The number of carbonyl (C=O) groups excluding carboxylic acids is 9. The highest BCUT2D eigenvalue weighted by Gasteiger charge is 2.60. The van der Waals surface area contributed by atoms with Gasteiger partial charge in [0.05, 0.1) is 25.4 Å². The van der Waals surface area contributed by atoms with Crippen molar-refractivity contribution in [2.24, 2.45) is 11.5 Å². The maximum atomic E-state index is 13.7. The lowest BCUT2D eigenvalue weighted by atomic mass is 9.87. The number of unbranched alkanes of at least 4 members (excludes halogenated alkanes) is 24. The van der Waals surface area contributed by atoms with Crippen molar-refractivity contribution >= 4 is 61.1 Å². The van der Waals surface area contributed by atoms with Gasteiger partial charge in [-0.2, -0.15) is 0 Å². The maximum absolute atomic E-state index is 13.7. The van der Waals surface area contributed by atoms with E-state index in [0.717, 1.165) is 84.0 Å². The van der Waals surface area contributed by atoms with E-state index < -0.39 is 155 Å². The first-order valence-electron chi connectivity index (χ1n) is 32.5.